The molecule has 1 unspecified atom stereocenters. The molecule has 2 heterocycles. The van der Waals surface area contributed by atoms with E-state index in [4.69, 9.17) is 4.74 Å². The summed E-state index contributed by atoms with van der Waals surface area (Å²) in [6.45, 7) is 0.395. The fourth-order valence-corrected chi connectivity index (χ4v) is 3.65. The van der Waals surface area contributed by atoms with Crippen LogP contribution in [0.25, 0.3) is 5.69 Å². The van der Waals surface area contributed by atoms with Gasteiger partial charge in [0.15, 0.2) is 0 Å². The number of halogens is 3. The maximum Gasteiger partial charge on any atom is 0.433 e. The number of benzene rings is 2. The van der Waals surface area contributed by atoms with Crippen molar-refractivity contribution < 1.29 is 27.5 Å². The predicted molar refractivity (Wildman–Crippen MR) is 110 cm³/mol. The Labute approximate surface area is 181 Å². The first-order valence-corrected chi connectivity index (χ1v) is 9.76. The highest BCUT2D eigenvalue weighted by molar-refractivity contribution is 6.04. The fourth-order valence-electron chi connectivity index (χ4n) is 3.65. The van der Waals surface area contributed by atoms with Gasteiger partial charge in [0, 0.05) is 12.1 Å². The first-order valence-electron chi connectivity index (χ1n) is 9.76. The largest absolute Gasteiger partial charge is 0.495 e. The number of nitrogens with one attached hydrogen (secondary N) is 1. The van der Waals surface area contributed by atoms with Gasteiger partial charge in [-0.1, -0.05) is 18.2 Å². The summed E-state index contributed by atoms with van der Waals surface area (Å²) < 4.78 is 45.6. The highest BCUT2D eigenvalue weighted by Crippen LogP contribution is 2.32. The monoisotopic (exact) mass is 444 g/mol. The molecule has 32 heavy (non-hydrogen) atoms. The first-order chi connectivity index (χ1) is 15.3. The Morgan fingerprint density at radius 3 is 2.69 bits per heavy atom. The van der Waals surface area contributed by atoms with Crippen molar-refractivity contribution in [3.63, 3.8) is 0 Å². The highest BCUT2D eigenvalue weighted by Gasteiger charge is 2.36. The number of carbonyl (C=O) groups is 2. The lowest BCUT2D eigenvalue weighted by atomic mass is 10.1. The molecule has 0 bridgehead atoms. The molecule has 3 aromatic rings. The average molecular weight is 444 g/mol. The van der Waals surface area contributed by atoms with Gasteiger partial charge in [-0.3, -0.25) is 9.59 Å². The standard InChI is InChI=1S/C22H19F3N4O3/c1-32-18-8-3-2-7-17(18)28-12-10-16(21(28)31)27-20(30)14-5-4-6-15(13-14)29-19(9-11-26-29)22(23,24)25/h2-9,11,13,16H,10,12H2,1H3,(H,27,30). The summed E-state index contributed by atoms with van der Waals surface area (Å²) in [6, 6.07) is 12.8. The van der Waals surface area contributed by atoms with E-state index in [1.54, 1.807) is 29.2 Å². The van der Waals surface area contributed by atoms with Crippen molar-refractivity contribution in [3.05, 3.63) is 72.1 Å². The number of anilines is 1. The average Bonchev–Trinajstić information content (AvgIpc) is 3.41. The maximum atomic E-state index is 13.2. The normalized spacial score (nSPS) is 16.3. The molecule has 0 spiro atoms. The van der Waals surface area contributed by atoms with Crippen LogP contribution in [-0.2, 0) is 11.0 Å². The maximum absolute atomic E-state index is 13.2. The van der Waals surface area contributed by atoms with E-state index < -0.39 is 23.8 Å². The molecule has 0 aliphatic carbocycles. The van der Waals surface area contributed by atoms with Crippen molar-refractivity contribution in [3.8, 4) is 11.4 Å². The Kier molecular flexibility index (Phi) is 5.60. The molecule has 2 aromatic carbocycles. The van der Waals surface area contributed by atoms with Gasteiger partial charge in [-0.25, -0.2) is 4.68 Å². The number of alkyl halides is 3. The molecule has 0 radical (unpaired) electrons. The van der Waals surface area contributed by atoms with Crippen molar-refractivity contribution in [2.24, 2.45) is 0 Å². The summed E-state index contributed by atoms with van der Waals surface area (Å²) in [7, 11) is 1.51. The van der Waals surface area contributed by atoms with Gasteiger partial charge < -0.3 is 15.0 Å². The van der Waals surface area contributed by atoms with Gasteiger partial charge in [-0.05, 0) is 42.8 Å². The van der Waals surface area contributed by atoms with E-state index in [2.05, 4.69) is 10.4 Å². The third-order valence-electron chi connectivity index (χ3n) is 5.17. The molecule has 1 fully saturated rings. The molecule has 1 N–H and O–H groups in total. The van der Waals surface area contributed by atoms with Crippen LogP contribution < -0.4 is 15.0 Å². The summed E-state index contributed by atoms with van der Waals surface area (Å²) in [5.41, 5.74) is -0.136. The van der Waals surface area contributed by atoms with E-state index in [0.717, 1.165) is 16.9 Å². The van der Waals surface area contributed by atoms with Crippen LogP contribution in [0, 0.1) is 0 Å². The fraction of sp³-hybridized carbons (Fsp3) is 0.227. The molecule has 1 aliphatic heterocycles. The molecule has 1 saturated heterocycles. The van der Waals surface area contributed by atoms with Gasteiger partial charge in [0.05, 0.1) is 24.7 Å². The number of nitrogens with zero attached hydrogens (tertiary/aromatic N) is 3. The molecular formula is C22H19F3N4O3. The molecular weight excluding hydrogens is 425 g/mol. The number of ether oxygens (including phenoxy) is 1. The van der Waals surface area contributed by atoms with Crippen molar-refractivity contribution >= 4 is 17.5 Å². The number of hydrogen-bond acceptors (Lipinski definition) is 4. The third-order valence-corrected chi connectivity index (χ3v) is 5.17. The SMILES string of the molecule is COc1ccccc1N1CCC(NC(=O)c2cccc(-n3nccc3C(F)(F)F)c2)C1=O. The summed E-state index contributed by atoms with van der Waals surface area (Å²) in [5, 5.41) is 6.40. The van der Waals surface area contributed by atoms with E-state index in [1.807, 2.05) is 0 Å². The van der Waals surface area contributed by atoms with Gasteiger partial charge in [0.1, 0.15) is 17.5 Å². The minimum Gasteiger partial charge on any atom is -0.495 e. The van der Waals surface area contributed by atoms with Crippen LogP contribution in [0.2, 0.25) is 0 Å². The minimum atomic E-state index is -4.59. The lowest BCUT2D eigenvalue weighted by Gasteiger charge is -2.19. The molecule has 0 saturated carbocycles. The molecule has 1 aliphatic rings. The van der Waals surface area contributed by atoms with Gasteiger partial charge in [-0.15, -0.1) is 0 Å². The van der Waals surface area contributed by atoms with Crippen LogP contribution in [0.1, 0.15) is 22.5 Å². The summed E-state index contributed by atoms with van der Waals surface area (Å²) in [5.74, 6) is -0.307. The molecule has 166 valence electrons. The lowest BCUT2D eigenvalue weighted by Crippen LogP contribution is -2.41. The second-order valence-electron chi connectivity index (χ2n) is 7.15. The third kappa shape index (κ3) is 4.03. The second-order valence-corrected chi connectivity index (χ2v) is 7.15. The molecule has 1 atom stereocenters. The van der Waals surface area contributed by atoms with Gasteiger partial charge in [0.2, 0.25) is 5.91 Å². The highest BCUT2D eigenvalue weighted by atomic mass is 19.4. The zero-order valence-corrected chi connectivity index (χ0v) is 17.0. The number of para-hydroxylation sites is 2. The Balaban J connectivity index is 1.51. The summed E-state index contributed by atoms with van der Waals surface area (Å²) in [6.07, 6.45) is -3.16. The van der Waals surface area contributed by atoms with Gasteiger partial charge in [0.25, 0.3) is 5.91 Å². The van der Waals surface area contributed by atoms with E-state index in [0.29, 0.717) is 24.4 Å². The Hall–Kier alpha value is -3.82. The van der Waals surface area contributed by atoms with Crippen molar-refractivity contribution in [1.82, 2.24) is 15.1 Å². The topological polar surface area (TPSA) is 76.5 Å². The van der Waals surface area contributed by atoms with Crippen molar-refractivity contribution in [2.45, 2.75) is 18.6 Å². The second kappa shape index (κ2) is 8.37. The van der Waals surface area contributed by atoms with E-state index in [9.17, 15) is 22.8 Å². The van der Waals surface area contributed by atoms with Crippen molar-refractivity contribution in [1.29, 1.82) is 0 Å². The lowest BCUT2D eigenvalue weighted by molar-refractivity contribution is -0.142. The Morgan fingerprint density at radius 1 is 1.16 bits per heavy atom. The molecule has 10 heteroatoms. The molecule has 2 amide bonds. The number of aromatic nitrogens is 2. The first kappa shape index (κ1) is 21.4. The predicted octanol–water partition coefficient (Wildman–Crippen LogP) is 3.44. The molecule has 4 rings (SSSR count). The van der Waals surface area contributed by atoms with E-state index >= 15 is 0 Å². The van der Waals surface area contributed by atoms with E-state index in [-0.39, 0.29) is 17.2 Å². The number of rotatable bonds is 5. The Morgan fingerprint density at radius 2 is 1.94 bits per heavy atom. The van der Waals surface area contributed by atoms with Crippen LogP contribution in [0.4, 0.5) is 18.9 Å². The zero-order valence-electron chi connectivity index (χ0n) is 17.0. The van der Waals surface area contributed by atoms with Crippen LogP contribution in [0.15, 0.2) is 60.8 Å². The number of methoxy groups -OCH3 is 1. The van der Waals surface area contributed by atoms with Crippen molar-refractivity contribution in [2.75, 3.05) is 18.6 Å². The number of amides is 2. The van der Waals surface area contributed by atoms with Crippen LogP contribution >= 0.6 is 0 Å². The zero-order chi connectivity index (χ0) is 22.9. The van der Waals surface area contributed by atoms with Crippen LogP contribution in [-0.4, -0.2) is 41.3 Å². The minimum absolute atomic E-state index is 0.0865. The smallest absolute Gasteiger partial charge is 0.433 e. The van der Waals surface area contributed by atoms with Crippen LogP contribution in [0.3, 0.4) is 0 Å². The summed E-state index contributed by atoms with van der Waals surface area (Å²) >= 11 is 0. The molecule has 7 nitrogen and oxygen atoms in total. The Bertz CT molecular complexity index is 1160. The summed E-state index contributed by atoms with van der Waals surface area (Å²) in [4.78, 5) is 27.2. The van der Waals surface area contributed by atoms with Crippen LogP contribution in [0.5, 0.6) is 5.75 Å². The van der Waals surface area contributed by atoms with Gasteiger partial charge in [-0.2, -0.15) is 18.3 Å². The number of hydrogen-bond donors (Lipinski definition) is 1. The quantitative estimate of drug-likeness (QED) is 0.654. The van der Waals surface area contributed by atoms with E-state index in [1.165, 1.54) is 31.4 Å². The number of carbonyl (C=O) groups excluding carboxylic acids is 2. The molecule has 1 aromatic heterocycles. The van der Waals surface area contributed by atoms with Gasteiger partial charge >= 0.3 is 6.18 Å².